The first-order chi connectivity index (χ1) is 44.1. The second-order valence-corrected chi connectivity index (χ2v) is 29.2. The van der Waals surface area contributed by atoms with E-state index in [1.807, 2.05) is 54.5 Å². The summed E-state index contributed by atoms with van der Waals surface area (Å²) in [5.74, 6) is -11.1. The standard InChI is InChI=1S/C69H122N12O14/c1-25-27-28-44(13)57(82)56-61(86)72-49(26-2)64(89)74(18)48(17)63(88)79(23)55(45(14)38-81-31-29-69(30-32-81)94-33-34-95-69)60(85)73-53(42(9)10)67(92)75(19)50(35-39(3)4)59(84)70-46(15)58(83)71-47(16)62(87)76(20)51(36-40(5)6)65(90)77(21)52(37-41(7)8)66(91)78(22)54(43(11)12)68(93)80(56)24/h25,27,39-57,82H,26,28-38H2,1-24H3,(H,70,84)(H,71,83)(H,72,86)(H,73,85)/b27-25+/t44-,45-,46+,47-,48-,49+,50+,51+,52+,53+,54+,55+,56+,57-/m1/s1. The molecule has 3 aliphatic heterocycles. The Bertz CT molecular complexity index is 2660. The van der Waals surface area contributed by atoms with Crippen molar-refractivity contribution in [2.75, 3.05) is 82.2 Å². The van der Waals surface area contributed by atoms with Crippen molar-refractivity contribution >= 4 is 65.0 Å². The molecule has 0 bridgehead atoms. The molecule has 3 fully saturated rings. The van der Waals surface area contributed by atoms with Crippen LogP contribution >= 0.6 is 0 Å². The van der Waals surface area contributed by atoms with E-state index < -0.39 is 167 Å². The van der Waals surface area contributed by atoms with Crippen molar-refractivity contribution in [3.8, 4) is 0 Å². The molecule has 3 saturated heterocycles. The van der Waals surface area contributed by atoms with Gasteiger partial charge in [-0.25, -0.2) is 0 Å². The summed E-state index contributed by atoms with van der Waals surface area (Å²) in [6.45, 7) is 32.0. The maximum absolute atomic E-state index is 15.3. The molecule has 5 N–H and O–H groups in total. The van der Waals surface area contributed by atoms with E-state index in [0.717, 1.165) is 4.90 Å². The number of carbonyl (C=O) groups is 11. The van der Waals surface area contributed by atoms with Crippen LogP contribution in [0.2, 0.25) is 0 Å². The molecular formula is C69H122N12O14. The lowest BCUT2D eigenvalue weighted by Gasteiger charge is -2.42. The highest BCUT2D eigenvalue weighted by atomic mass is 16.7. The number of allylic oxidation sites excluding steroid dienone is 2. The Labute approximate surface area is 567 Å². The summed E-state index contributed by atoms with van der Waals surface area (Å²) >= 11 is 0. The maximum atomic E-state index is 15.3. The number of likely N-dealkylation sites (tertiary alicyclic amines) is 1. The minimum absolute atomic E-state index is 0.00133. The monoisotopic (exact) mass is 1340 g/mol. The van der Waals surface area contributed by atoms with E-state index in [2.05, 4.69) is 26.2 Å². The van der Waals surface area contributed by atoms with E-state index in [-0.39, 0.29) is 43.4 Å². The van der Waals surface area contributed by atoms with Crippen molar-refractivity contribution < 1.29 is 67.3 Å². The predicted octanol–water partition coefficient (Wildman–Crippen LogP) is 3.09. The van der Waals surface area contributed by atoms with Crippen molar-refractivity contribution in [1.29, 1.82) is 0 Å². The Morgan fingerprint density at radius 2 is 0.947 bits per heavy atom. The lowest BCUT2D eigenvalue weighted by Crippen LogP contribution is -2.64. The number of ether oxygens (including phenoxy) is 2. The zero-order valence-electron chi connectivity index (χ0n) is 61.9. The highest BCUT2D eigenvalue weighted by molar-refractivity contribution is 6.00. The molecule has 14 atom stereocenters. The van der Waals surface area contributed by atoms with Gasteiger partial charge in [0.15, 0.2) is 5.79 Å². The Morgan fingerprint density at radius 1 is 0.495 bits per heavy atom. The summed E-state index contributed by atoms with van der Waals surface area (Å²) in [5.41, 5.74) is 0. The molecule has 0 saturated carbocycles. The number of hydrogen-bond acceptors (Lipinski definition) is 15. The van der Waals surface area contributed by atoms with Gasteiger partial charge in [-0.2, -0.15) is 0 Å². The summed E-state index contributed by atoms with van der Waals surface area (Å²) in [4.78, 5) is 175. The van der Waals surface area contributed by atoms with Crippen molar-refractivity contribution in [2.24, 2.45) is 41.4 Å². The van der Waals surface area contributed by atoms with Gasteiger partial charge in [-0.1, -0.05) is 102 Å². The Balaban J connectivity index is 2.34. The Morgan fingerprint density at radius 3 is 1.43 bits per heavy atom. The lowest BCUT2D eigenvalue weighted by molar-refractivity contribution is -0.186. The summed E-state index contributed by atoms with van der Waals surface area (Å²) in [7, 11) is 10.0. The molecule has 0 aliphatic carbocycles. The van der Waals surface area contributed by atoms with Crippen LogP contribution in [-0.2, 0) is 62.2 Å². The third-order valence-corrected chi connectivity index (χ3v) is 19.3. The van der Waals surface area contributed by atoms with Crippen LogP contribution in [0.15, 0.2) is 12.2 Å². The highest BCUT2D eigenvalue weighted by Gasteiger charge is 2.47. The van der Waals surface area contributed by atoms with Crippen molar-refractivity contribution in [3.05, 3.63) is 12.2 Å². The quantitative estimate of drug-likeness (QED) is 0.139. The van der Waals surface area contributed by atoms with E-state index >= 15 is 28.8 Å². The van der Waals surface area contributed by atoms with Crippen molar-refractivity contribution in [1.82, 2.24) is 60.5 Å². The molecule has 0 aromatic rings. The third kappa shape index (κ3) is 21.6. The van der Waals surface area contributed by atoms with Crippen LogP contribution in [0.4, 0.5) is 0 Å². The topological polar surface area (TPSA) is 300 Å². The van der Waals surface area contributed by atoms with Gasteiger partial charge in [0.25, 0.3) is 0 Å². The summed E-state index contributed by atoms with van der Waals surface area (Å²) in [6.07, 6.45) is 3.95. The number of amides is 11. The molecule has 0 aromatic carbocycles. The van der Waals surface area contributed by atoms with Crippen LogP contribution in [-0.4, -0.2) is 270 Å². The number of aliphatic hydroxyl groups is 1. The Hall–Kier alpha value is -6.25. The van der Waals surface area contributed by atoms with E-state index in [4.69, 9.17) is 9.47 Å². The molecule has 26 nitrogen and oxygen atoms in total. The predicted molar refractivity (Wildman–Crippen MR) is 363 cm³/mol. The van der Waals surface area contributed by atoms with E-state index in [1.165, 1.54) is 99.5 Å². The minimum Gasteiger partial charge on any atom is -0.390 e. The molecule has 1 spiro atoms. The molecule has 3 aliphatic rings. The van der Waals surface area contributed by atoms with Crippen LogP contribution in [0.1, 0.15) is 163 Å². The number of aliphatic hydroxyl groups excluding tert-OH is 1. The normalized spacial score (nSPS) is 28.8. The minimum atomic E-state index is -1.64. The molecule has 11 amide bonds. The van der Waals surface area contributed by atoms with Gasteiger partial charge in [-0.3, -0.25) is 52.7 Å². The summed E-state index contributed by atoms with van der Waals surface area (Å²) < 4.78 is 12.0. The number of nitrogens with zero attached hydrogens (tertiary/aromatic N) is 8. The van der Waals surface area contributed by atoms with Crippen LogP contribution in [0, 0.1) is 41.4 Å². The average Bonchev–Trinajstić information content (AvgIpc) is 1.12. The fourth-order valence-electron chi connectivity index (χ4n) is 13.2. The highest BCUT2D eigenvalue weighted by Crippen LogP contribution is 2.33. The molecule has 0 radical (unpaired) electrons. The summed E-state index contributed by atoms with van der Waals surface area (Å²) in [6, 6.07) is -13.9. The third-order valence-electron chi connectivity index (χ3n) is 19.3. The van der Waals surface area contributed by atoms with E-state index in [1.54, 1.807) is 54.5 Å². The molecule has 3 heterocycles. The van der Waals surface area contributed by atoms with Crippen LogP contribution < -0.4 is 21.3 Å². The molecule has 3 rings (SSSR count). The number of likely N-dealkylation sites (N-methyl/N-ethyl adjacent to an activating group) is 7. The number of hydrogen-bond donors (Lipinski definition) is 5. The lowest BCUT2D eigenvalue weighted by atomic mass is 9.91. The smallest absolute Gasteiger partial charge is 0.246 e. The van der Waals surface area contributed by atoms with Crippen molar-refractivity contribution in [3.63, 3.8) is 0 Å². The second-order valence-electron chi connectivity index (χ2n) is 29.2. The maximum Gasteiger partial charge on any atom is 0.246 e. The van der Waals surface area contributed by atoms with Gasteiger partial charge in [0.2, 0.25) is 65.0 Å². The zero-order chi connectivity index (χ0) is 72.6. The largest absolute Gasteiger partial charge is 0.390 e. The van der Waals surface area contributed by atoms with Gasteiger partial charge in [-0.05, 0) is 101 Å². The Kier molecular flexibility index (Phi) is 32.2. The van der Waals surface area contributed by atoms with Gasteiger partial charge >= 0.3 is 0 Å². The molecule has 542 valence electrons. The number of carbonyl (C=O) groups excluding carboxylic acids is 11. The van der Waals surface area contributed by atoms with Crippen LogP contribution in [0.3, 0.4) is 0 Å². The number of rotatable bonds is 16. The SMILES string of the molecule is C/C=C/C[C@@H](C)[C@@H](O)[C@H]1C(=O)N[C@@H](CC)C(=O)N(C)[C@H](C)C(=O)N(C)[C@@H]([C@H](C)CN2CCC3(CC2)OCCO3)C(=O)N[C@@H](C(C)C)C(=O)N(C)[C@@H](CC(C)C)C(=O)N[C@@H](C)C(=O)N[C@H](C)C(=O)N(C)[C@@H](CC(C)C)C(=O)N(C)[C@@H](CC(C)C)C(=O)N(C)[C@@H](C(C)C)C(=O)N1C. The first-order valence-corrected chi connectivity index (χ1v) is 34.5. The van der Waals surface area contributed by atoms with Gasteiger partial charge in [0.1, 0.15) is 66.5 Å². The zero-order valence-corrected chi connectivity index (χ0v) is 61.9. The van der Waals surface area contributed by atoms with Crippen molar-refractivity contribution in [2.45, 2.75) is 241 Å². The summed E-state index contributed by atoms with van der Waals surface area (Å²) in [5, 5.41) is 23.4. The molecule has 0 unspecified atom stereocenters. The van der Waals surface area contributed by atoms with Crippen LogP contribution in [0.5, 0.6) is 0 Å². The molecule has 26 heteroatoms. The number of piperidine rings is 1. The van der Waals surface area contributed by atoms with Gasteiger partial charge in [0, 0.05) is 81.8 Å². The first-order valence-electron chi connectivity index (χ1n) is 34.5. The number of nitrogens with one attached hydrogen (secondary N) is 4. The molecule has 95 heavy (non-hydrogen) atoms. The fraction of sp³-hybridized carbons (Fsp3) is 0.812. The molecule has 0 aromatic heterocycles. The fourth-order valence-corrected chi connectivity index (χ4v) is 13.2. The first kappa shape index (κ1) is 83.0. The van der Waals surface area contributed by atoms with E-state index in [9.17, 15) is 29.1 Å². The average molecular weight is 1340 g/mol. The molecular weight excluding hydrogens is 1220 g/mol. The van der Waals surface area contributed by atoms with Gasteiger partial charge < -0.3 is 75.0 Å². The van der Waals surface area contributed by atoms with Gasteiger partial charge in [0.05, 0.1) is 19.3 Å². The van der Waals surface area contributed by atoms with E-state index in [0.29, 0.717) is 52.1 Å². The van der Waals surface area contributed by atoms with Crippen LogP contribution in [0.25, 0.3) is 0 Å². The second kappa shape index (κ2) is 36.9. The van der Waals surface area contributed by atoms with Gasteiger partial charge in [-0.15, -0.1) is 0 Å².